The molecule has 20 heavy (non-hydrogen) atoms. The van der Waals surface area contributed by atoms with Gasteiger partial charge in [-0.25, -0.2) is 0 Å². The highest BCUT2D eigenvalue weighted by atomic mass is 16.2. The third-order valence-corrected chi connectivity index (χ3v) is 5.02. The van der Waals surface area contributed by atoms with Crippen LogP contribution in [0.25, 0.3) is 0 Å². The third-order valence-electron chi connectivity index (χ3n) is 5.02. The van der Waals surface area contributed by atoms with Crippen molar-refractivity contribution in [3.8, 4) is 0 Å². The Kier molecular flexibility index (Phi) is 3.64. The molecule has 1 saturated carbocycles. The van der Waals surface area contributed by atoms with Gasteiger partial charge >= 0.3 is 0 Å². The van der Waals surface area contributed by atoms with Crippen LogP contribution < -0.4 is 0 Å². The van der Waals surface area contributed by atoms with Crippen LogP contribution in [0.2, 0.25) is 0 Å². The molecule has 1 unspecified atom stereocenters. The normalized spacial score (nSPS) is 25.1. The minimum atomic E-state index is 0.187. The van der Waals surface area contributed by atoms with Crippen LogP contribution >= 0.6 is 0 Å². The maximum Gasteiger partial charge on any atom is 0.223 e. The molecule has 1 aliphatic heterocycles. The van der Waals surface area contributed by atoms with Crippen LogP contribution in [0, 0.1) is 5.92 Å². The van der Waals surface area contributed by atoms with Crippen molar-refractivity contribution >= 4 is 5.91 Å². The fourth-order valence-corrected chi connectivity index (χ4v) is 3.86. The van der Waals surface area contributed by atoms with Crippen LogP contribution in [0.4, 0.5) is 0 Å². The molecule has 1 amide bonds. The Labute approximate surface area is 121 Å². The number of nitrogens with zero attached hydrogens (tertiary/aromatic N) is 1. The van der Waals surface area contributed by atoms with Crippen molar-refractivity contribution in [2.24, 2.45) is 5.92 Å². The van der Waals surface area contributed by atoms with E-state index in [0.717, 1.165) is 13.1 Å². The van der Waals surface area contributed by atoms with Crippen LogP contribution in [0.5, 0.6) is 0 Å². The lowest BCUT2D eigenvalue weighted by atomic mass is 9.78. The maximum atomic E-state index is 12.2. The molecule has 1 aliphatic carbocycles. The van der Waals surface area contributed by atoms with E-state index in [0.29, 0.717) is 18.2 Å². The summed E-state index contributed by atoms with van der Waals surface area (Å²) in [6, 6.07) is 10.8. The van der Waals surface area contributed by atoms with E-state index in [2.05, 4.69) is 41.8 Å². The summed E-state index contributed by atoms with van der Waals surface area (Å²) in [6.45, 7) is 5.59. The Morgan fingerprint density at radius 1 is 1.25 bits per heavy atom. The number of benzene rings is 1. The van der Waals surface area contributed by atoms with Gasteiger partial charge in [-0.3, -0.25) is 4.79 Å². The van der Waals surface area contributed by atoms with E-state index >= 15 is 0 Å². The molecule has 0 N–H and O–H groups in total. The van der Waals surface area contributed by atoms with E-state index < -0.39 is 0 Å². The highest BCUT2D eigenvalue weighted by Gasteiger charge is 2.40. The minimum Gasteiger partial charge on any atom is -0.341 e. The van der Waals surface area contributed by atoms with E-state index in [1.165, 1.54) is 31.2 Å². The first kappa shape index (κ1) is 13.4. The molecule has 0 radical (unpaired) electrons. The summed E-state index contributed by atoms with van der Waals surface area (Å²) >= 11 is 0. The van der Waals surface area contributed by atoms with Crippen molar-refractivity contribution in [3.63, 3.8) is 0 Å². The van der Waals surface area contributed by atoms with Gasteiger partial charge in [-0.2, -0.15) is 0 Å². The van der Waals surface area contributed by atoms with Gasteiger partial charge in [0.1, 0.15) is 0 Å². The molecular weight excluding hydrogens is 246 g/mol. The lowest BCUT2D eigenvalue weighted by molar-refractivity contribution is -0.128. The molecule has 0 spiro atoms. The van der Waals surface area contributed by atoms with Crippen LogP contribution in [0.3, 0.4) is 0 Å². The second-order valence-electron chi connectivity index (χ2n) is 6.33. The monoisotopic (exact) mass is 269 g/mol. The summed E-state index contributed by atoms with van der Waals surface area (Å²) in [5.41, 5.74) is 1.60. The maximum absolute atomic E-state index is 12.2. The van der Waals surface area contributed by atoms with Gasteiger partial charge < -0.3 is 4.90 Å². The lowest BCUT2D eigenvalue weighted by Gasteiger charge is -2.34. The quantitative estimate of drug-likeness (QED) is 0.766. The Morgan fingerprint density at radius 3 is 2.55 bits per heavy atom. The van der Waals surface area contributed by atoms with Gasteiger partial charge in [0.2, 0.25) is 5.91 Å². The first-order chi connectivity index (χ1) is 9.73. The van der Waals surface area contributed by atoms with Crippen molar-refractivity contribution in [2.75, 3.05) is 13.1 Å². The first-order valence-electron chi connectivity index (χ1n) is 7.69. The van der Waals surface area contributed by atoms with Gasteiger partial charge in [-0.1, -0.05) is 49.2 Å². The second-order valence-corrected chi connectivity index (χ2v) is 6.33. The molecule has 2 nitrogen and oxygen atoms in total. The average Bonchev–Trinajstić information content (AvgIpc) is 3.09. The summed E-state index contributed by atoms with van der Waals surface area (Å²) in [5.74, 6) is 0.647. The molecular formula is C18H23NO. The number of hydrogen-bond acceptors (Lipinski definition) is 1. The summed E-state index contributed by atoms with van der Waals surface area (Å²) in [5, 5.41) is 0. The van der Waals surface area contributed by atoms with Gasteiger partial charge in [0.05, 0.1) is 0 Å². The topological polar surface area (TPSA) is 20.3 Å². The van der Waals surface area contributed by atoms with Crippen LogP contribution in [0.1, 0.15) is 37.7 Å². The van der Waals surface area contributed by atoms with Gasteiger partial charge in [0, 0.05) is 30.8 Å². The third kappa shape index (κ3) is 2.39. The minimum absolute atomic E-state index is 0.187. The highest BCUT2D eigenvalue weighted by molar-refractivity contribution is 5.79. The van der Waals surface area contributed by atoms with E-state index in [4.69, 9.17) is 0 Å². The first-order valence-corrected chi connectivity index (χ1v) is 7.69. The summed E-state index contributed by atoms with van der Waals surface area (Å²) in [4.78, 5) is 14.3. The summed E-state index contributed by atoms with van der Waals surface area (Å²) in [7, 11) is 0. The summed E-state index contributed by atoms with van der Waals surface area (Å²) in [6.07, 6.45) is 7.55. The van der Waals surface area contributed by atoms with Crippen LogP contribution in [-0.2, 0) is 10.2 Å². The Hall–Kier alpha value is -1.57. The highest BCUT2D eigenvalue weighted by Crippen LogP contribution is 2.42. The zero-order valence-corrected chi connectivity index (χ0v) is 12.1. The molecule has 1 aromatic carbocycles. The van der Waals surface area contributed by atoms with Crippen molar-refractivity contribution in [1.29, 1.82) is 0 Å². The predicted molar refractivity (Wildman–Crippen MR) is 81.5 cm³/mol. The molecule has 1 saturated heterocycles. The van der Waals surface area contributed by atoms with E-state index in [-0.39, 0.29) is 5.41 Å². The van der Waals surface area contributed by atoms with Gasteiger partial charge in [0.25, 0.3) is 0 Å². The average molecular weight is 269 g/mol. The van der Waals surface area contributed by atoms with Crippen molar-refractivity contribution in [3.05, 3.63) is 48.6 Å². The molecule has 2 aliphatic rings. The molecule has 2 heteroatoms. The number of carbonyl (C=O) groups is 1. The Morgan fingerprint density at radius 2 is 1.95 bits per heavy atom. The predicted octanol–water partition coefficient (Wildman–Crippen LogP) is 3.53. The number of rotatable bonds is 4. The van der Waals surface area contributed by atoms with E-state index in [1.54, 1.807) is 0 Å². The molecule has 106 valence electrons. The van der Waals surface area contributed by atoms with Crippen LogP contribution in [-0.4, -0.2) is 23.9 Å². The Bertz CT molecular complexity index is 487. The molecule has 0 aromatic heterocycles. The lowest BCUT2D eigenvalue weighted by Crippen LogP contribution is -2.40. The zero-order valence-electron chi connectivity index (χ0n) is 12.1. The van der Waals surface area contributed by atoms with E-state index in [9.17, 15) is 4.79 Å². The summed E-state index contributed by atoms with van der Waals surface area (Å²) < 4.78 is 0. The number of amides is 1. The number of carbonyl (C=O) groups excluding carboxylic acids is 1. The molecule has 1 atom stereocenters. The molecule has 0 bridgehead atoms. The van der Waals surface area contributed by atoms with Gasteiger partial charge in [-0.15, -0.1) is 6.58 Å². The number of likely N-dealkylation sites (tertiary alicyclic amines) is 1. The second kappa shape index (κ2) is 5.43. The molecule has 1 heterocycles. The number of hydrogen-bond donors (Lipinski definition) is 0. The SMILES string of the molecule is C=CC1CC(=O)N(CC2(c3ccccc3)CCCC2)C1. The fourth-order valence-electron chi connectivity index (χ4n) is 3.86. The van der Waals surface area contributed by atoms with Crippen molar-refractivity contribution < 1.29 is 4.79 Å². The Balaban J connectivity index is 1.82. The standard InChI is InChI=1S/C18H23NO/c1-2-15-12-17(20)19(13-15)14-18(10-6-7-11-18)16-8-4-3-5-9-16/h2-5,8-9,15H,1,6-7,10-14H2. The fraction of sp³-hybridized carbons (Fsp3) is 0.500. The van der Waals surface area contributed by atoms with Crippen molar-refractivity contribution in [2.45, 2.75) is 37.5 Å². The zero-order chi connectivity index (χ0) is 14.0. The van der Waals surface area contributed by atoms with Gasteiger partial charge in [0.15, 0.2) is 0 Å². The molecule has 3 rings (SSSR count). The smallest absolute Gasteiger partial charge is 0.223 e. The van der Waals surface area contributed by atoms with E-state index in [1.807, 2.05) is 6.08 Å². The van der Waals surface area contributed by atoms with Crippen LogP contribution in [0.15, 0.2) is 43.0 Å². The van der Waals surface area contributed by atoms with Crippen molar-refractivity contribution in [1.82, 2.24) is 4.90 Å². The molecule has 1 aromatic rings. The van der Waals surface area contributed by atoms with Gasteiger partial charge in [-0.05, 0) is 18.4 Å². The molecule has 2 fully saturated rings. The largest absolute Gasteiger partial charge is 0.341 e.